The van der Waals surface area contributed by atoms with E-state index in [2.05, 4.69) is 10.1 Å². The predicted molar refractivity (Wildman–Crippen MR) is 66.3 cm³/mol. The van der Waals surface area contributed by atoms with Gasteiger partial charge in [-0.15, -0.1) is 0 Å². The topological polar surface area (TPSA) is 81.4 Å². The summed E-state index contributed by atoms with van der Waals surface area (Å²) in [5.74, 6) is -0.798. The van der Waals surface area contributed by atoms with Crippen molar-refractivity contribution in [2.24, 2.45) is 11.7 Å². The first kappa shape index (κ1) is 15.9. The van der Waals surface area contributed by atoms with Gasteiger partial charge in [0.25, 0.3) is 0 Å². The lowest BCUT2D eigenvalue weighted by Gasteiger charge is -2.27. The molecule has 1 amide bonds. The van der Waals surface area contributed by atoms with Crippen LogP contribution in [0.1, 0.15) is 40.5 Å². The van der Waals surface area contributed by atoms with Gasteiger partial charge in [0.05, 0.1) is 12.6 Å². The molecule has 0 aliphatic heterocycles. The maximum atomic E-state index is 11.9. The van der Waals surface area contributed by atoms with Crippen LogP contribution in [0.3, 0.4) is 0 Å². The number of carbonyl (C=O) groups excluding carboxylic acids is 2. The van der Waals surface area contributed by atoms with Gasteiger partial charge in [-0.3, -0.25) is 4.79 Å². The zero-order valence-corrected chi connectivity index (χ0v) is 11.4. The third kappa shape index (κ3) is 4.73. The molecule has 0 aliphatic rings. The summed E-state index contributed by atoms with van der Waals surface area (Å²) >= 11 is 0. The highest BCUT2D eigenvalue weighted by atomic mass is 16.5. The molecule has 3 N–H and O–H groups in total. The molecule has 0 radical (unpaired) electrons. The van der Waals surface area contributed by atoms with Crippen molar-refractivity contribution < 1.29 is 14.3 Å². The average molecular weight is 244 g/mol. The number of nitrogens with two attached hydrogens (primary N) is 1. The molecule has 0 fully saturated rings. The number of hydrogen-bond donors (Lipinski definition) is 2. The van der Waals surface area contributed by atoms with Gasteiger partial charge < -0.3 is 15.8 Å². The summed E-state index contributed by atoms with van der Waals surface area (Å²) in [6.45, 7) is 7.31. The highest BCUT2D eigenvalue weighted by Crippen LogP contribution is 2.11. The number of methoxy groups -OCH3 is 1. The number of nitrogens with one attached hydrogen (secondary N) is 1. The van der Waals surface area contributed by atoms with E-state index in [1.807, 2.05) is 20.8 Å². The molecule has 5 nitrogen and oxygen atoms in total. The molecule has 0 saturated carbocycles. The number of rotatable bonds is 6. The Hall–Kier alpha value is -1.10. The fraction of sp³-hybridized carbons (Fsp3) is 0.833. The normalized spacial score (nSPS) is 16.2. The van der Waals surface area contributed by atoms with E-state index in [-0.39, 0.29) is 11.8 Å². The third-order valence-corrected chi connectivity index (χ3v) is 2.70. The molecule has 0 saturated heterocycles. The molecular weight excluding hydrogens is 220 g/mol. The minimum Gasteiger partial charge on any atom is -0.467 e. The Labute approximate surface area is 103 Å². The first-order chi connectivity index (χ1) is 7.76. The van der Waals surface area contributed by atoms with Crippen LogP contribution in [0.4, 0.5) is 0 Å². The van der Waals surface area contributed by atoms with Gasteiger partial charge in [0.1, 0.15) is 6.04 Å². The van der Waals surface area contributed by atoms with Crippen molar-refractivity contribution >= 4 is 11.9 Å². The summed E-state index contributed by atoms with van der Waals surface area (Å²) in [5, 5.41) is 2.65. The van der Waals surface area contributed by atoms with Crippen LogP contribution in [-0.2, 0) is 14.3 Å². The third-order valence-electron chi connectivity index (χ3n) is 2.70. The van der Waals surface area contributed by atoms with Crippen LogP contribution >= 0.6 is 0 Å². The predicted octanol–water partition coefficient (Wildman–Crippen LogP) is 0.818. The SMILES string of the molecule is CCCC(C)(N)C(=O)N[C@@H](C(=O)OC)C(C)C. The largest absolute Gasteiger partial charge is 0.467 e. The Morgan fingerprint density at radius 1 is 1.41 bits per heavy atom. The van der Waals surface area contributed by atoms with Crippen LogP contribution in [0.5, 0.6) is 0 Å². The lowest BCUT2D eigenvalue weighted by molar-refractivity contribution is -0.147. The second-order valence-corrected chi connectivity index (χ2v) is 4.89. The highest BCUT2D eigenvalue weighted by molar-refractivity contribution is 5.90. The van der Waals surface area contributed by atoms with Gasteiger partial charge in [-0.1, -0.05) is 27.2 Å². The zero-order chi connectivity index (χ0) is 13.6. The Bertz CT molecular complexity index is 275. The molecule has 0 spiro atoms. The zero-order valence-electron chi connectivity index (χ0n) is 11.4. The Morgan fingerprint density at radius 3 is 2.29 bits per heavy atom. The van der Waals surface area contributed by atoms with Crippen molar-refractivity contribution in [3.8, 4) is 0 Å². The summed E-state index contributed by atoms with van der Waals surface area (Å²) in [6, 6.07) is -0.646. The van der Waals surface area contributed by atoms with Gasteiger partial charge in [0.2, 0.25) is 5.91 Å². The van der Waals surface area contributed by atoms with E-state index >= 15 is 0 Å². The van der Waals surface area contributed by atoms with Crippen molar-refractivity contribution in [1.29, 1.82) is 0 Å². The van der Waals surface area contributed by atoms with E-state index in [9.17, 15) is 9.59 Å². The van der Waals surface area contributed by atoms with E-state index < -0.39 is 17.6 Å². The number of ether oxygens (including phenoxy) is 1. The molecule has 17 heavy (non-hydrogen) atoms. The first-order valence-electron chi connectivity index (χ1n) is 5.94. The standard InChI is InChI=1S/C12H24N2O3/c1-6-7-12(4,13)11(16)14-9(8(2)3)10(15)17-5/h8-9H,6-7,13H2,1-5H3,(H,14,16)/t9-,12?/m1/s1. The summed E-state index contributed by atoms with van der Waals surface area (Å²) in [6.07, 6.45) is 1.38. The fourth-order valence-electron chi connectivity index (χ4n) is 1.56. The second kappa shape index (κ2) is 6.59. The molecule has 0 heterocycles. The van der Waals surface area contributed by atoms with Crippen LogP contribution < -0.4 is 11.1 Å². The molecule has 1 unspecified atom stereocenters. The Morgan fingerprint density at radius 2 is 1.94 bits per heavy atom. The van der Waals surface area contributed by atoms with Gasteiger partial charge in [0, 0.05) is 0 Å². The molecule has 0 aromatic heterocycles. The van der Waals surface area contributed by atoms with E-state index in [0.717, 1.165) is 6.42 Å². The summed E-state index contributed by atoms with van der Waals surface area (Å²) in [4.78, 5) is 23.4. The van der Waals surface area contributed by atoms with Gasteiger partial charge in [-0.05, 0) is 19.3 Å². The maximum Gasteiger partial charge on any atom is 0.328 e. The van der Waals surface area contributed by atoms with Gasteiger partial charge in [0.15, 0.2) is 0 Å². The van der Waals surface area contributed by atoms with Crippen LogP contribution in [0, 0.1) is 5.92 Å². The van der Waals surface area contributed by atoms with Crippen LogP contribution in [0.2, 0.25) is 0 Å². The fourth-order valence-corrected chi connectivity index (χ4v) is 1.56. The van der Waals surface area contributed by atoms with Gasteiger partial charge in [-0.25, -0.2) is 4.79 Å². The molecule has 0 aromatic carbocycles. The lowest BCUT2D eigenvalue weighted by atomic mass is 9.95. The second-order valence-electron chi connectivity index (χ2n) is 4.89. The Balaban J connectivity index is 4.67. The number of amides is 1. The quantitative estimate of drug-likeness (QED) is 0.678. The number of hydrogen-bond acceptors (Lipinski definition) is 4. The molecule has 0 bridgehead atoms. The molecular formula is C12H24N2O3. The summed E-state index contributed by atoms with van der Waals surface area (Å²) in [5.41, 5.74) is 4.95. The molecule has 0 aliphatic carbocycles. The molecule has 5 heteroatoms. The van der Waals surface area contributed by atoms with Crippen molar-refractivity contribution in [3.63, 3.8) is 0 Å². The molecule has 2 atom stereocenters. The lowest BCUT2D eigenvalue weighted by Crippen LogP contribution is -2.57. The van der Waals surface area contributed by atoms with Gasteiger partial charge in [-0.2, -0.15) is 0 Å². The summed E-state index contributed by atoms with van der Waals surface area (Å²) in [7, 11) is 1.30. The van der Waals surface area contributed by atoms with E-state index in [0.29, 0.717) is 6.42 Å². The van der Waals surface area contributed by atoms with Crippen molar-refractivity contribution in [2.75, 3.05) is 7.11 Å². The minimum atomic E-state index is -0.949. The van der Waals surface area contributed by atoms with Gasteiger partial charge >= 0.3 is 5.97 Å². The van der Waals surface area contributed by atoms with E-state index in [1.54, 1.807) is 6.92 Å². The maximum absolute atomic E-state index is 11.9. The van der Waals surface area contributed by atoms with Crippen molar-refractivity contribution in [3.05, 3.63) is 0 Å². The van der Waals surface area contributed by atoms with Crippen LogP contribution in [0.25, 0.3) is 0 Å². The smallest absolute Gasteiger partial charge is 0.328 e. The van der Waals surface area contributed by atoms with Crippen molar-refractivity contribution in [1.82, 2.24) is 5.32 Å². The highest BCUT2D eigenvalue weighted by Gasteiger charge is 2.32. The number of carbonyl (C=O) groups is 2. The monoisotopic (exact) mass is 244 g/mol. The van der Waals surface area contributed by atoms with E-state index in [1.165, 1.54) is 7.11 Å². The Kier molecular flexibility index (Phi) is 6.16. The molecule has 0 rings (SSSR count). The van der Waals surface area contributed by atoms with Crippen molar-refractivity contribution in [2.45, 2.75) is 52.1 Å². The van der Waals surface area contributed by atoms with Crippen LogP contribution in [0.15, 0.2) is 0 Å². The minimum absolute atomic E-state index is 0.0381. The first-order valence-corrected chi connectivity index (χ1v) is 5.94. The number of esters is 1. The average Bonchev–Trinajstić information content (AvgIpc) is 2.23. The van der Waals surface area contributed by atoms with Crippen LogP contribution in [-0.4, -0.2) is 30.6 Å². The molecule has 100 valence electrons. The van der Waals surface area contributed by atoms with E-state index in [4.69, 9.17) is 5.73 Å². The molecule has 0 aromatic rings. The summed E-state index contributed by atoms with van der Waals surface area (Å²) < 4.78 is 4.65.